The number of nitrogens with zero attached hydrogens (tertiary/aromatic N) is 6. The number of carbonyl (C=O) groups is 3. The molecule has 1 aliphatic heterocycles. The molecule has 40 heavy (non-hydrogen) atoms. The van der Waals surface area contributed by atoms with E-state index in [2.05, 4.69) is 15.1 Å². The second-order valence-electron chi connectivity index (χ2n) is 10.5. The van der Waals surface area contributed by atoms with Crippen LogP contribution in [0.4, 0.5) is 5.82 Å². The van der Waals surface area contributed by atoms with Crippen LogP contribution in [0.1, 0.15) is 50.0 Å². The fraction of sp³-hybridized carbons (Fsp3) is 0.593. The lowest BCUT2D eigenvalue weighted by atomic mass is 9.91. The molecule has 1 aliphatic rings. The number of carbonyl (C=O) groups excluding carboxylic acids is 3. The average Bonchev–Trinajstić information content (AvgIpc) is 3.48. The Balaban J connectivity index is 2.29. The van der Waals surface area contributed by atoms with Crippen LogP contribution < -0.4 is 0 Å². The normalized spacial score (nSPS) is 23.8. The third kappa shape index (κ3) is 6.22. The number of hydrogen-bond donors (Lipinski definition) is 0. The van der Waals surface area contributed by atoms with E-state index in [0.29, 0.717) is 5.52 Å². The number of ether oxygens (including phenoxy) is 4. The van der Waals surface area contributed by atoms with E-state index in [-0.39, 0.29) is 11.5 Å². The number of aliphatic imine (C=N–C) groups is 1. The van der Waals surface area contributed by atoms with Crippen LogP contribution in [0.2, 0.25) is 0 Å². The first-order valence-electron chi connectivity index (χ1n) is 13.8. The predicted octanol–water partition coefficient (Wildman–Crippen LogP) is 2.40. The molecule has 0 bridgehead atoms. The van der Waals surface area contributed by atoms with Crippen molar-refractivity contribution in [1.29, 1.82) is 5.26 Å². The first kappa shape index (κ1) is 27.5. The molecule has 13 nitrogen and oxygen atoms in total. The molecule has 1 fully saturated rings. The van der Waals surface area contributed by atoms with Crippen LogP contribution in [0.15, 0.2) is 23.5 Å². The number of aromatic nitrogens is 3. The minimum absolute atomic E-state index is 0.0179. The van der Waals surface area contributed by atoms with Gasteiger partial charge in [0.05, 0.1) is 32.5 Å². The van der Waals surface area contributed by atoms with Gasteiger partial charge in [-0.25, -0.2) is 14.5 Å². The summed E-state index contributed by atoms with van der Waals surface area (Å²) in [6, 6.07) is 5.06. The highest BCUT2D eigenvalue weighted by Gasteiger charge is 2.63. The predicted molar refractivity (Wildman–Crippen MR) is 142 cm³/mol. The Bertz CT molecular complexity index is 1400. The molecule has 216 valence electrons. The summed E-state index contributed by atoms with van der Waals surface area (Å²) in [5.41, 5.74) is -1.91. The van der Waals surface area contributed by atoms with Crippen LogP contribution in [-0.2, 0) is 38.9 Å². The van der Waals surface area contributed by atoms with Gasteiger partial charge in [0.25, 0.3) is 0 Å². The molecule has 0 amide bonds. The number of fused-ring (bicyclic) bond motifs is 1. The van der Waals surface area contributed by atoms with Gasteiger partial charge in [-0.1, -0.05) is 41.5 Å². The van der Waals surface area contributed by atoms with E-state index in [1.54, 1.807) is 52.8 Å². The van der Waals surface area contributed by atoms with Crippen molar-refractivity contribution in [2.75, 3.05) is 20.7 Å². The van der Waals surface area contributed by atoms with Gasteiger partial charge >= 0.3 is 17.9 Å². The van der Waals surface area contributed by atoms with Gasteiger partial charge in [-0.15, -0.1) is 0 Å². The summed E-state index contributed by atoms with van der Waals surface area (Å²) in [5.74, 6) is -4.24. The Labute approximate surface area is 235 Å². The van der Waals surface area contributed by atoms with Crippen LogP contribution in [-0.4, -0.2) is 82.7 Å². The summed E-state index contributed by atoms with van der Waals surface area (Å²) in [5, 5.41) is 14.9. The Hall–Kier alpha value is -4.05. The molecule has 0 unspecified atom stereocenters. The molecule has 0 N–H and O–H groups in total. The molecule has 0 radical (unpaired) electrons. The van der Waals surface area contributed by atoms with Crippen molar-refractivity contribution in [3.63, 3.8) is 0 Å². The van der Waals surface area contributed by atoms with E-state index in [4.69, 9.17) is 21.7 Å². The van der Waals surface area contributed by atoms with Crippen LogP contribution in [0.25, 0.3) is 5.52 Å². The molecule has 1 saturated heterocycles. The summed E-state index contributed by atoms with van der Waals surface area (Å²) in [6.07, 6.45) is -2.56. The minimum atomic E-state index is -2.92. The van der Waals surface area contributed by atoms with Crippen molar-refractivity contribution >= 4 is 35.6 Å². The number of hydrogen-bond acceptors (Lipinski definition) is 11. The highest BCUT2D eigenvalue weighted by molar-refractivity contribution is 5.74. The first-order chi connectivity index (χ1) is 19.6. The van der Waals surface area contributed by atoms with Crippen LogP contribution in [0, 0.1) is 29.1 Å². The third-order valence-electron chi connectivity index (χ3n) is 5.88. The maximum Gasteiger partial charge on any atom is 0.308 e. The molecule has 3 rings (SSSR count). The van der Waals surface area contributed by atoms with E-state index in [0.717, 1.165) is 0 Å². The van der Waals surface area contributed by atoms with Crippen LogP contribution in [0.5, 0.6) is 0 Å². The maximum absolute atomic E-state index is 13.0. The molecule has 2 aromatic heterocycles. The Morgan fingerprint density at radius 3 is 2.35 bits per heavy atom. The van der Waals surface area contributed by atoms with Crippen molar-refractivity contribution in [1.82, 2.24) is 19.5 Å². The largest absolute Gasteiger partial charge is 0.463 e. The van der Waals surface area contributed by atoms with E-state index in [1.807, 2.05) is 6.07 Å². The van der Waals surface area contributed by atoms with E-state index < -0.39 is 66.1 Å². The molecule has 2 aromatic rings. The van der Waals surface area contributed by atoms with Gasteiger partial charge < -0.3 is 23.8 Å². The smallest absolute Gasteiger partial charge is 0.308 e. The zero-order valence-corrected chi connectivity index (χ0v) is 23.8. The SMILES string of the molecule is [2H]C([2H])(OC(=O)C(C)C)[C@H]1O[C@@](C#N)(c2ccc3c(N=CN(C)C)ncnn23)[C@H](OC(=O)C(C)C)[C@@H]1OC(=O)C(C)C. The standard InChI is InChI=1S/C27H36N6O7/c1-15(2)24(34)37-11-19-21(38-25(35)16(3)4)22(39-26(36)17(5)6)27(12-28,40-19)20-10-9-18-23(30-14-32(7)8)29-13-31-33(18)20/h9-10,13-17,19,21-22H,11H2,1-8H3/t19-,21-,22-,27+/m1/s1/i11D2. The minimum Gasteiger partial charge on any atom is -0.463 e. The second-order valence-corrected chi connectivity index (χ2v) is 10.5. The molecule has 3 heterocycles. The zero-order chi connectivity index (χ0) is 31.6. The molecule has 0 aliphatic carbocycles. The third-order valence-corrected chi connectivity index (χ3v) is 5.88. The van der Waals surface area contributed by atoms with Crippen molar-refractivity contribution in [2.24, 2.45) is 22.7 Å². The summed E-state index contributed by atoms with van der Waals surface area (Å²) >= 11 is 0. The molecular weight excluding hydrogens is 520 g/mol. The fourth-order valence-electron chi connectivity index (χ4n) is 3.68. The van der Waals surface area contributed by atoms with E-state index in [9.17, 15) is 19.6 Å². The van der Waals surface area contributed by atoms with Gasteiger partial charge in [-0.2, -0.15) is 10.4 Å². The van der Waals surface area contributed by atoms with Gasteiger partial charge in [-0.05, 0) is 12.1 Å². The summed E-state index contributed by atoms with van der Waals surface area (Å²) in [7, 11) is 3.55. The van der Waals surface area contributed by atoms with Crippen LogP contribution in [0.3, 0.4) is 0 Å². The highest BCUT2D eigenvalue weighted by Crippen LogP contribution is 2.44. The lowest BCUT2D eigenvalue weighted by molar-refractivity contribution is -0.174. The van der Waals surface area contributed by atoms with Gasteiger partial charge in [0.1, 0.15) is 30.6 Å². The Morgan fingerprint density at radius 1 is 1.15 bits per heavy atom. The van der Waals surface area contributed by atoms with Crippen molar-refractivity contribution in [2.45, 2.75) is 65.5 Å². The van der Waals surface area contributed by atoms with Gasteiger partial charge in [0.2, 0.25) is 5.60 Å². The average molecular weight is 559 g/mol. The van der Waals surface area contributed by atoms with Crippen molar-refractivity contribution in [3.05, 3.63) is 24.2 Å². The first-order valence-corrected chi connectivity index (χ1v) is 12.8. The van der Waals surface area contributed by atoms with Crippen molar-refractivity contribution < 1.29 is 36.1 Å². The van der Waals surface area contributed by atoms with E-state index >= 15 is 0 Å². The fourth-order valence-corrected chi connectivity index (χ4v) is 3.68. The quantitative estimate of drug-likeness (QED) is 0.182. The molecule has 0 saturated carbocycles. The molecule has 0 aromatic carbocycles. The van der Waals surface area contributed by atoms with Crippen molar-refractivity contribution in [3.8, 4) is 6.07 Å². The molecule has 13 heteroatoms. The summed E-state index contributed by atoms with van der Waals surface area (Å²) in [6.45, 7) is 6.35. The maximum atomic E-state index is 13.0. The monoisotopic (exact) mass is 558 g/mol. The molecule has 4 atom stereocenters. The lowest BCUT2D eigenvalue weighted by Gasteiger charge is -2.29. The number of nitriles is 1. The topological polar surface area (TPSA) is 158 Å². The Morgan fingerprint density at radius 2 is 1.77 bits per heavy atom. The highest BCUT2D eigenvalue weighted by atomic mass is 16.7. The van der Waals surface area contributed by atoms with Crippen LogP contribution >= 0.6 is 0 Å². The number of esters is 3. The van der Waals surface area contributed by atoms with Gasteiger partial charge in [-0.3, -0.25) is 14.4 Å². The van der Waals surface area contributed by atoms with Gasteiger partial charge in [0.15, 0.2) is 18.0 Å². The van der Waals surface area contributed by atoms with Gasteiger partial charge in [0, 0.05) is 14.1 Å². The number of rotatable bonds is 10. The Kier molecular flexibility index (Phi) is 8.54. The molecule has 0 spiro atoms. The molecular formula is C27H36N6O7. The second kappa shape index (κ2) is 12.4. The zero-order valence-electron chi connectivity index (χ0n) is 25.8. The summed E-state index contributed by atoms with van der Waals surface area (Å²) in [4.78, 5) is 48.5. The summed E-state index contributed by atoms with van der Waals surface area (Å²) < 4.78 is 41.3. The lowest BCUT2D eigenvalue weighted by Crippen LogP contribution is -2.47. The van der Waals surface area contributed by atoms with E-state index in [1.165, 1.54) is 37.1 Å².